The van der Waals surface area contributed by atoms with Crippen molar-refractivity contribution >= 4 is 11.8 Å². The second kappa shape index (κ2) is 6.55. The summed E-state index contributed by atoms with van der Waals surface area (Å²) in [6.45, 7) is 8.62. The molecule has 1 fully saturated rings. The zero-order chi connectivity index (χ0) is 16.3. The predicted molar refractivity (Wildman–Crippen MR) is 85.6 cm³/mol. The first kappa shape index (κ1) is 16.6. The fourth-order valence-corrected chi connectivity index (χ4v) is 2.57. The van der Waals surface area contributed by atoms with Crippen LogP contribution in [0.25, 0.3) is 0 Å². The minimum absolute atomic E-state index is 0.113. The van der Waals surface area contributed by atoms with Crippen molar-refractivity contribution < 1.29 is 13.9 Å². The second-order valence-electron chi connectivity index (χ2n) is 6.82. The van der Waals surface area contributed by atoms with Crippen LogP contribution >= 0.6 is 0 Å². The van der Waals surface area contributed by atoms with Crippen molar-refractivity contribution in [1.82, 2.24) is 4.90 Å². The molecule has 5 heteroatoms. The van der Waals surface area contributed by atoms with Gasteiger partial charge in [-0.3, -0.25) is 0 Å². The molecule has 1 heterocycles. The van der Waals surface area contributed by atoms with E-state index in [1.165, 1.54) is 6.07 Å². The molecule has 1 aliphatic heterocycles. The Morgan fingerprint density at radius 1 is 1.41 bits per heavy atom. The number of ether oxygens (including phenoxy) is 1. The van der Waals surface area contributed by atoms with Gasteiger partial charge in [0.1, 0.15) is 11.4 Å². The van der Waals surface area contributed by atoms with Crippen LogP contribution in [0, 0.1) is 12.7 Å². The Kier molecular flexibility index (Phi) is 4.94. The first-order valence-corrected chi connectivity index (χ1v) is 7.76. The number of benzene rings is 1. The minimum atomic E-state index is -0.489. The lowest BCUT2D eigenvalue weighted by molar-refractivity contribution is 0.0206. The van der Waals surface area contributed by atoms with Gasteiger partial charge in [-0.25, -0.2) is 9.18 Å². The van der Waals surface area contributed by atoms with E-state index < -0.39 is 5.60 Å². The standard InChI is InChI=1S/C17H25FN2O2/c1-12-14(18)8-5-9-15(12)19-13-7-6-10-20(11-13)16(21)22-17(2,3)4/h5,8-9,13,19H,6-7,10-11H2,1-4H3. The third-order valence-electron chi connectivity index (χ3n) is 3.70. The summed E-state index contributed by atoms with van der Waals surface area (Å²) in [5, 5.41) is 3.35. The molecule has 22 heavy (non-hydrogen) atoms. The maximum atomic E-state index is 13.6. The third kappa shape index (κ3) is 4.36. The third-order valence-corrected chi connectivity index (χ3v) is 3.70. The smallest absolute Gasteiger partial charge is 0.410 e. The van der Waals surface area contributed by atoms with Crippen molar-refractivity contribution in [2.24, 2.45) is 0 Å². The van der Waals surface area contributed by atoms with Gasteiger partial charge in [-0.2, -0.15) is 0 Å². The first-order valence-electron chi connectivity index (χ1n) is 7.76. The first-order chi connectivity index (χ1) is 10.3. The molecule has 122 valence electrons. The largest absolute Gasteiger partial charge is 0.444 e. The van der Waals surface area contributed by atoms with Crippen LogP contribution in [-0.4, -0.2) is 35.7 Å². The molecule has 0 aliphatic carbocycles. The average molecular weight is 308 g/mol. The molecule has 1 saturated heterocycles. The summed E-state index contributed by atoms with van der Waals surface area (Å²) in [6, 6.07) is 5.12. The van der Waals surface area contributed by atoms with Gasteiger partial charge in [0, 0.05) is 30.4 Å². The van der Waals surface area contributed by atoms with Crippen LogP contribution in [0.2, 0.25) is 0 Å². The highest BCUT2D eigenvalue weighted by molar-refractivity contribution is 5.68. The Labute approximate surface area is 131 Å². The number of rotatable bonds is 2. The molecule has 1 aliphatic rings. The van der Waals surface area contributed by atoms with Crippen molar-refractivity contribution in [2.75, 3.05) is 18.4 Å². The predicted octanol–water partition coefficient (Wildman–Crippen LogP) is 3.95. The number of piperidine rings is 1. The molecule has 0 bridgehead atoms. The van der Waals surface area contributed by atoms with Gasteiger partial charge in [-0.1, -0.05) is 6.07 Å². The van der Waals surface area contributed by atoms with Crippen LogP contribution in [0.4, 0.5) is 14.9 Å². The lowest BCUT2D eigenvalue weighted by atomic mass is 10.0. The highest BCUT2D eigenvalue weighted by Gasteiger charge is 2.27. The summed E-state index contributed by atoms with van der Waals surface area (Å²) >= 11 is 0. The summed E-state index contributed by atoms with van der Waals surface area (Å²) in [4.78, 5) is 13.9. The van der Waals surface area contributed by atoms with Crippen LogP contribution < -0.4 is 5.32 Å². The minimum Gasteiger partial charge on any atom is -0.444 e. The van der Waals surface area contributed by atoms with E-state index in [9.17, 15) is 9.18 Å². The molecule has 2 rings (SSSR count). The summed E-state index contributed by atoms with van der Waals surface area (Å²) in [5.74, 6) is -0.218. The van der Waals surface area contributed by atoms with E-state index >= 15 is 0 Å². The Bertz CT molecular complexity index is 540. The highest BCUT2D eigenvalue weighted by Crippen LogP contribution is 2.22. The van der Waals surface area contributed by atoms with E-state index in [4.69, 9.17) is 4.74 Å². The molecule has 0 saturated carbocycles. The SMILES string of the molecule is Cc1c(F)cccc1NC1CCCN(C(=O)OC(C)(C)C)C1. The van der Waals surface area contributed by atoms with E-state index in [2.05, 4.69) is 5.32 Å². The van der Waals surface area contributed by atoms with Gasteiger partial charge in [0.05, 0.1) is 0 Å². The van der Waals surface area contributed by atoms with E-state index in [1.807, 2.05) is 26.8 Å². The van der Waals surface area contributed by atoms with E-state index in [1.54, 1.807) is 17.9 Å². The van der Waals surface area contributed by atoms with E-state index in [0.29, 0.717) is 18.7 Å². The Hall–Kier alpha value is -1.78. The normalized spacial score (nSPS) is 19.0. The van der Waals surface area contributed by atoms with Gasteiger partial charge in [-0.15, -0.1) is 0 Å². The number of hydrogen-bond donors (Lipinski definition) is 1. The molecule has 0 radical (unpaired) electrons. The fourth-order valence-electron chi connectivity index (χ4n) is 2.57. The zero-order valence-electron chi connectivity index (χ0n) is 13.8. The van der Waals surface area contributed by atoms with E-state index in [-0.39, 0.29) is 18.0 Å². The van der Waals surface area contributed by atoms with Crippen molar-refractivity contribution in [3.05, 3.63) is 29.6 Å². The van der Waals surface area contributed by atoms with Crippen molar-refractivity contribution in [3.8, 4) is 0 Å². The number of hydrogen-bond acceptors (Lipinski definition) is 3. The Balaban J connectivity index is 1.99. The lowest BCUT2D eigenvalue weighted by Gasteiger charge is -2.35. The Morgan fingerprint density at radius 2 is 2.14 bits per heavy atom. The quantitative estimate of drug-likeness (QED) is 0.899. The van der Waals surface area contributed by atoms with Crippen molar-refractivity contribution in [1.29, 1.82) is 0 Å². The molecule has 1 aromatic rings. The molecule has 1 N–H and O–H groups in total. The molecule has 0 spiro atoms. The molecule has 4 nitrogen and oxygen atoms in total. The molecular formula is C17H25FN2O2. The molecular weight excluding hydrogens is 283 g/mol. The molecule has 1 amide bonds. The van der Waals surface area contributed by atoms with Crippen LogP contribution in [-0.2, 0) is 4.74 Å². The van der Waals surface area contributed by atoms with Gasteiger partial charge in [0.15, 0.2) is 0 Å². The van der Waals surface area contributed by atoms with Crippen LogP contribution in [0.1, 0.15) is 39.2 Å². The maximum absolute atomic E-state index is 13.6. The number of nitrogens with one attached hydrogen (secondary N) is 1. The number of anilines is 1. The zero-order valence-corrected chi connectivity index (χ0v) is 13.8. The number of amides is 1. The number of carbonyl (C=O) groups is 1. The van der Waals surface area contributed by atoms with Gasteiger partial charge in [0.25, 0.3) is 0 Å². The molecule has 1 unspecified atom stereocenters. The molecule has 0 aromatic heterocycles. The van der Waals surface area contributed by atoms with Crippen molar-refractivity contribution in [2.45, 2.75) is 52.2 Å². The summed E-state index contributed by atoms with van der Waals surface area (Å²) in [6.07, 6.45) is 1.58. The highest BCUT2D eigenvalue weighted by atomic mass is 19.1. The van der Waals surface area contributed by atoms with E-state index in [0.717, 1.165) is 18.5 Å². The second-order valence-corrected chi connectivity index (χ2v) is 6.82. The van der Waals surface area contributed by atoms with Gasteiger partial charge < -0.3 is 15.0 Å². The fraction of sp³-hybridized carbons (Fsp3) is 0.588. The molecule has 1 aromatic carbocycles. The van der Waals surface area contributed by atoms with Crippen molar-refractivity contribution in [3.63, 3.8) is 0 Å². The number of nitrogens with zero attached hydrogens (tertiary/aromatic N) is 1. The number of likely N-dealkylation sites (tertiary alicyclic amines) is 1. The summed E-state index contributed by atoms with van der Waals surface area (Å²) in [5.41, 5.74) is 0.907. The van der Waals surface area contributed by atoms with Gasteiger partial charge in [0.2, 0.25) is 0 Å². The Morgan fingerprint density at radius 3 is 2.82 bits per heavy atom. The average Bonchev–Trinajstić information content (AvgIpc) is 2.42. The number of halogens is 1. The van der Waals surface area contributed by atoms with Gasteiger partial charge in [-0.05, 0) is 52.7 Å². The summed E-state index contributed by atoms with van der Waals surface area (Å²) in [7, 11) is 0. The monoisotopic (exact) mass is 308 g/mol. The lowest BCUT2D eigenvalue weighted by Crippen LogP contribution is -2.47. The topological polar surface area (TPSA) is 41.6 Å². The molecule has 1 atom stereocenters. The van der Waals surface area contributed by atoms with Crippen LogP contribution in [0.15, 0.2) is 18.2 Å². The van der Waals surface area contributed by atoms with Crippen LogP contribution in [0.3, 0.4) is 0 Å². The summed E-state index contributed by atoms with van der Waals surface area (Å²) < 4.78 is 19.0. The number of carbonyl (C=O) groups excluding carboxylic acids is 1. The van der Waals surface area contributed by atoms with Crippen LogP contribution in [0.5, 0.6) is 0 Å². The maximum Gasteiger partial charge on any atom is 0.410 e. The van der Waals surface area contributed by atoms with Gasteiger partial charge >= 0.3 is 6.09 Å².